The molecule has 2 aliphatic carbocycles. The molecule has 1 aromatic heterocycles. The molecule has 4 aliphatic rings. The first-order valence-corrected chi connectivity index (χ1v) is 15.4. The zero-order valence-corrected chi connectivity index (χ0v) is 25.1. The Balaban J connectivity index is 0.00000123. The minimum Gasteiger partial charge on any atom is -0.300 e. The lowest BCUT2D eigenvalue weighted by Crippen LogP contribution is -2.57. The summed E-state index contributed by atoms with van der Waals surface area (Å²) in [5.41, 5.74) is 22.0. The van der Waals surface area contributed by atoms with Crippen molar-refractivity contribution in [2.75, 3.05) is 0 Å². The minimum absolute atomic E-state index is 0.0767. The smallest absolute Gasteiger partial charge is 0.249 e. The van der Waals surface area contributed by atoms with Crippen molar-refractivity contribution >= 4 is 34.1 Å². The normalized spacial score (nSPS) is 16.2. The Morgan fingerprint density at radius 3 is 1.86 bits per heavy atom. The van der Waals surface area contributed by atoms with Gasteiger partial charge in [-0.15, -0.1) is 0 Å². The van der Waals surface area contributed by atoms with Crippen molar-refractivity contribution in [2.24, 2.45) is 0 Å². The molecule has 3 heteroatoms. The molecule has 0 saturated carbocycles. The van der Waals surface area contributed by atoms with E-state index in [4.69, 9.17) is 4.98 Å². The summed E-state index contributed by atoms with van der Waals surface area (Å²) in [6, 6.07) is 32.1. The van der Waals surface area contributed by atoms with Gasteiger partial charge >= 0.3 is 0 Å². The highest BCUT2D eigenvalue weighted by Crippen LogP contribution is 2.52. The molecule has 0 spiro atoms. The highest BCUT2D eigenvalue weighted by Gasteiger charge is 2.50. The maximum Gasteiger partial charge on any atom is 0.249 e. The van der Waals surface area contributed by atoms with Crippen molar-refractivity contribution in [3.05, 3.63) is 114 Å². The molecule has 6 aromatic rings. The number of benzene rings is 5. The molecule has 42 heavy (non-hydrogen) atoms. The van der Waals surface area contributed by atoms with E-state index in [0.29, 0.717) is 0 Å². The van der Waals surface area contributed by atoms with E-state index < -0.39 is 0 Å². The fourth-order valence-corrected chi connectivity index (χ4v) is 9.14. The molecule has 0 saturated heterocycles. The first kappa shape index (κ1) is 24.3. The van der Waals surface area contributed by atoms with E-state index in [1.165, 1.54) is 83.2 Å². The minimum atomic E-state index is -0.101. The second-order valence-corrected chi connectivity index (χ2v) is 13.2. The van der Waals surface area contributed by atoms with Crippen LogP contribution in [0.5, 0.6) is 0 Å². The topological polar surface area (TPSA) is 17.8 Å². The van der Waals surface area contributed by atoms with E-state index in [1.54, 1.807) is 0 Å². The number of rotatable bonds is 0. The van der Waals surface area contributed by atoms with Gasteiger partial charge in [0.05, 0.1) is 11.0 Å². The lowest BCUT2D eigenvalue weighted by molar-refractivity contribution is 0.663. The summed E-state index contributed by atoms with van der Waals surface area (Å²) in [7, 11) is 0. The second-order valence-electron chi connectivity index (χ2n) is 13.2. The van der Waals surface area contributed by atoms with Gasteiger partial charge in [-0.1, -0.05) is 120 Å². The Kier molecular flexibility index (Phi) is 4.46. The van der Waals surface area contributed by atoms with Crippen molar-refractivity contribution in [1.29, 1.82) is 0 Å². The van der Waals surface area contributed by atoms with Crippen LogP contribution in [0.15, 0.2) is 91.3 Å². The lowest BCUT2D eigenvalue weighted by Gasteiger charge is -2.32. The second kappa shape index (κ2) is 7.72. The lowest BCUT2D eigenvalue weighted by atomic mass is 9.35. The van der Waals surface area contributed by atoms with Gasteiger partial charge in [-0.25, -0.2) is 4.98 Å². The van der Waals surface area contributed by atoms with Crippen molar-refractivity contribution < 1.29 is 0 Å². The summed E-state index contributed by atoms with van der Waals surface area (Å²) in [5.74, 6) is 0. The molecule has 0 bridgehead atoms. The molecule has 0 amide bonds. The number of nitrogens with zero attached hydrogens (tertiary/aromatic N) is 2. The molecule has 0 N–H and O–H groups in total. The summed E-state index contributed by atoms with van der Waals surface area (Å²) in [6.45, 7) is 13.9. The Bertz CT molecular complexity index is 2180. The third-order valence-corrected chi connectivity index (χ3v) is 10.6. The highest BCUT2D eigenvalue weighted by atomic mass is 15.1. The Morgan fingerprint density at radius 1 is 0.571 bits per heavy atom. The molecule has 10 rings (SSSR count). The van der Waals surface area contributed by atoms with Gasteiger partial charge in [0.1, 0.15) is 6.33 Å². The number of hydrogen-bond donors (Lipinski definition) is 0. The molecule has 2 aliphatic heterocycles. The molecule has 0 radical (unpaired) electrons. The molecule has 5 aromatic carbocycles. The van der Waals surface area contributed by atoms with Crippen LogP contribution in [0.3, 0.4) is 0 Å². The van der Waals surface area contributed by atoms with Crippen molar-refractivity contribution in [3.8, 4) is 39.1 Å². The maximum atomic E-state index is 5.03. The average Bonchev–Trinajstić information content (AvgIpc) is 3.71. The van der Waals surface area contributed by atoms with Gasteiger partial charge in [0.15, 0.2) is 0 Å². The van der Waals surface area contributed by atoms with Crippen molar-refractivity contribution in [1.82, 2.24) is 9.55 Å². The molecule has 202 valence electrons. The van der Waals surface area contributed by atoms with Gasteiger partial charge in [0.2, 0.25) is 6.71 Å². The van der Waals surface area contributed by atoms with Crippen LogP contribution in [-0.2, 0) is 10.8 Å². The summed E-state index contributed by atoms with van der Waals surface area (Å²) in [6.07, 6.45) is 2.06. The average molecular weight is 541 g/mol. The zero-order valence-electron chi connectivity index (χ0n) is 25.1. The van der Waals surface area contributed by atoms with E-state index in [-0.39, 0.29) is 17.5 Å². The molecule has 3 heterocycles. The van der Waals surface area contributed by atoms with Crippen LogP contribution in [0.2, 0.25) is 0 Å². The first-order chi connectivity index (χ1) is 20.4. The molecular formula is C39H33BN2. The summed E-state index contributed by atoms with van der Waals surface area (Å²) < 4.78 is 2.38. The van der Waals surface area contributed by atoms with Crippen LogP contribution in [0.4, 0.5) is 0 Å². The van der Waals surface area contributed by atoms with Gasteiger partial charge in [0, 0.05) is 16.5 Å². The van der Waals surface area contributed by atoms with Gasteiger partial charge in [-0.05, 0) is 78.7 Å². The third-order valence-electron chi connectivity index (χ3n) is 10.6. The fraction of sp³-hybridized carbons (Fsp3) is 0.205. The molecule has 0 atom stereocenters. The van der Waals surface area contributed by atoms with E-state index in [9.17, 15) is 0 Å². The molecule has 2 nitrogen and oxygen atoms in total. The SMILES string of the molecule is CC.CC1(C)c2ccccc2-c2ccc3c(c21)B1c2c-3cccc2-n2cnc3cc4c(c1c32)C(C)(C)c1ccccc1-4. The van der Waals surface area contributed by atoms with Gasteiger partial charge in [-0.3, -0.25) is 4.57 Å². The van der Waals surface area contributed by atoms with Crippen LogP contribution < -0.4 is 16.4 Å². The predicted molar refractivity (Wildman–Crippen MR) is 178 cm³/mol. The van der Waals surface area contributed by atoms with Crippen LogP contribution in [-0.4, -0.2) is 16.3 Å². The maximum absolute atomic E-state index is 5.03. The zero-order chi connectivity index (χ0) is 28.7. The van der Waals surface area contributed by atoms with Gasteiger partial charge in [0.25, 0.3) is 0 Å². The van der Waals surface area contributed by atoms with Crippen molar-refractivity contribution in [2.45, 2.75) is 52.4 Å². The van der Waals surface area contributed by atoms with E-state index in [2.05, 4.69) is 124 Å². The molecular weight excluding hydrogens is 507 g/mol. The summed E-state index contributed by atoms with van der Waals surface area (Å²) in [5, 5.41) is 0. The van der Waals surface area contributed by atoms with E-state index in [1.807, 2.05) is 13.8 Å². The van der Waals surface area contributed by atoms with Crippen LogP contribution >= 0.6 is 0 Å². The van der Waals surface area contributed by atoms with E-state index in [0.717, 1.165) is 5.52 Å². The largest absolute Gasteiger partial charge is 0.300 e. The molecule has 0 fully saturated rings. The van der Waals surface area contributed by atoms with Gasteiger partial charge < -0.3 is 0 Å². The van der Waals surface area contributed by atoms with Crippen LogP contribution in [0.25, 0.3) is 50.1 Å². The van der Waals surface area contributed by atoms with Gasteiger partial charge in [-0.2, -0.15) is 0 Å². The number of imidazole rings is 1. The molecule has 0 unspecified atom stereocenters. The quantitative estimate of drug-likeness (QED) is 0.183. The van der Waals surface area contributed by atoms with Crippen LogP contribution in [0, 0.1) is 0 Å². The Labute approximate surface area is 248 Å². The van der Waals surface area contributed by atoms with Crippen molar-refractivity contribution in [3.63, 3.8) is 0 Å². The Morgan fingerprint density at radius 2 is 1.14 bits per heavy atom. The number of hydrogen-bond acceptors (Lipinski definition) is 1. The summed E-state index contributed by atoms with van der Waals surface area (Å²) in [4.78, 5) is 5.03. The first-order valence-electron chi connectivity index (χ1n) is 15.4. The third kappa shape index (κ3) is 2.54. The predicted octanol–water partition coefficient (Wildman–Crippen LogP) is 7.47. The number of aromatic nitrogens is 2. The standard InChI is InChI=1S/C37H27BN2.C2H6/c1-36(2)26-13-7-5-10-20(26)22-16-17-24-23-12-9-15-29-32(23)38(33(24)30(22)36)34-31-25(18-28-35(34)40(29)19-39-28)21-11-6-8-14-27(21)37(31,3)4;1-2/h5-19H,1-4H3;1-2H3. The monoisotopic (exact) mass is 540 g/mol. The summed E-state index contributed by atoms with van der Waals surface area (Å²) >= 11 is 0. The van der Waals surface area contributed by atoms with Crippen LogP contribution in [0.1, 0.15) is 63.8 Å². The fourth-order valence-electron chi connectivity index (χ4n) is 9.14. The highest BCUT2D eigenvalue weighted by molar-refractivity contribution is 7.02. The van der Waals surface area contributed by atoms with E-state index >= 15 is 0 Å². The number of fused-ring (bicyclic) bond motifs is 13. The Hall–Kier alpha value is -4.37.